The molecule has 2 aromatic carbocycles. The Labute approximate surface area is 160 Å². The summed E-state index contributed by atoms with van der Waals surface area (Å²) in [5, 5.41) is 3.86. The van der Waals surface area contributed by atoms with Crippen LogP contribution in [0.3, 0.4) is 0 Å². The quantitative estimate of drug-likeness (QED) is 0.475. The highest BCUT2D eigenvalue weighted by molar-refractivity contribution is 6.34. The van der Waals surface area contributed by atoms with Crippen molar-refractivity contribution in [3.63, 3.8) is 0 Å². The summed E-state index contributed by atoms with van der Waals surface area (Å²) in [5.74, 6) is -1.76. The van der Waals surface area contributed by atoms with E-state index in [1.807, 2.05) is 0 Å². The molecule has 3 aromatic rings. The van der Waals surface area contributed by atoms with Gasteiger partial charge in [-0.05, 0) is 36.4 Å². The fourth-order valence-corrected chi connectivity index (χ4v) is 2.87. The van der Waals surface area contributed by atoms with Gasteiger partial charge in [0, 0.05) is 0 Å². The molecule has 0 radical (unpaired) electrons. The van der Waals surface area contributed by atoms with Crippen LogP contribution in [0.25, 0.3) is 17.0 Å². The van der Waals surface area contributed by atoms with Crippen molar-refractivity contribution in [1.82, 2.24) is 0 Å². The number of hydrogen-bond donors (Lipinski definition) is 0. The molecule has 4 rings (SSSR count). The number of fused-ring (bicyclic) bond motifs is 1. The smallest absolute Gasteiger partial charge is 0.435 e. The predicted octanol–water partition coefficient (Wildman–Crippen LogP) is 4.28. The van der Waals surface area contributed by atoms with Gasteiger partial charge in [0.15, 0.2) is 11.1 Å². The summed E-state index contributed by atoms with van der Waals surface area (Å²) < 4.78 is 59.1. The van der Waals surface area contributed by atoms with Crippen molar-refractivity contribution in [3.8, 4) is 0 Å². The molecule has 0 aliphatic carbocycles. The maximum atomic E-state index is 13.5. The highest BCUT2D eigenvalue weighted by Gasteiger charge is 2.46. The number of amides is 1. The van der Waals surface area contributed by atoms with Crippen LogP contribution in [0.1, 0.15) is 5.56 Å². The molecule has 0 saturated carbocycles. The van der Waals surface area contributed by atoms with Crippen molar-refractivity contribution < 1.29 is 26.8 Å². The average molecular weight is 402 g/mol. The van der Waals surface area contributed by atoms with E-state index in [0.717, 1.165) is 24.5 Å². The van der Waals surface area contributed by atoms with Gasteiger partial charge in [0.05, 0.1) is 22.2 Å². The molecule has 0 bridgehead atoms. The number of alkyl halides is 3. The fourth-order valence-electron chi connectivity index (χ4n) is 2.87. The number of hydrazone groups is 1. The second-order valence-corrected chi connectivity index (χ2v) is 6.12. The van der Waals surface area contributed by atoms with Gasteiger partial charge in [0.25, 0.3) is 5.91 Å². The molecule has 0 atom stereocenters. The van der Waals surface area contributed by atoms with Crippen LogP contribution < -0.4 is 10.4 Å². The molecule has 146 valence electrons. The Balaban J connectivity index is 1.87. The number of hydrogen-bond acceptors (Lipinski definition) is 4. The van der Waals surface area contributed by atoms with Gasteiger partial charge < -0.3 is 4.42 Å². The zero-order valence-corrected chi connectivity index (χ0v) is 14.4. The summed E-state index contributed by atoms with van der Waals surface area (Å²) in [4.78, 5) is 25.2. The molecule has 1 aromatic heterocycles. The largest absolute Gasteiger partial charge is 0.463 e. The molecule has 9 heteroatoms. The van der Waals surface area contributed by atoms with Crippen LogP contribution in [-0.2, 0) is 4.79 Å². The van der Waals surface area contributed by atoms with Crippen LogP contribution >= 0.6 is 0 Å². The lowest BCUT2D eigenvalue weighted by atomic mass is 10.1. The molecule has 2 heterocycles. The molecule has 0 unspecified atom stereocenters. The average Bonchev–Trinajstić information content (AvgIpc) is 3.02. The minimum absolute atomic E-state index is 0.0620. The molecule has 0 fully saturated rings. The SMILES string of the molecule is O=C1/C(=C\c2coc3ccc(F)cc3c2=O)C(C(F)(F)F)=NN1c1ccccc1. The third kappa shape index (κ3) is 3.31. The van der Waals surface area contributed by atoms with Crippen LogP contribution in [0.15, 0.2) is 74.7 Å². The molecule has 1 aliphatic rings. The van der Waals surface area contributed by atoms with Gasteiger partial charge in [-0.3, -0.25) is 9.59 Å². The molecule has 0 N–H and O–H groups in total. The Morgan fingerprint density at radius 1 is 1.03 bits per heavy atom. The minimum atomic E-state index is -4.94. The molecule has 1 aliphatic heterocycles. The first kappa shape index (κ1) is 18.6. The summed E-state index contributed by atoms with van der Waals surface area (Å²) in [6.07, 6.45) is -3.26. The van der Waals surface area contributed by atoms with Crippen LogP contribution in [0.4, 0.5) is 23.2 Å². The Kier molecular flexibility index (Phi) is 4.30. The lowest BCUT2D eigenvalue weighted by molar-refractivity contribution is -0.114. The minimum Gasteiger partial charge on any atom is -0.463 e. The standard InChI is InChI=1S/C20H10F4N2O3/c21-12-6-7-16-14(9-12)17(27)11(10-29-16)8-15-18(20(22,23)24)25-26(19(15)28)13-4-2-1-3-5-13/h1-10H/b15-8-. The van der Waals surface area contributed by atoms with Crippen molar-refractivity contribution in [3.05, 3.63) is 82.0 Å². The molecule has 0 spiro atoms. The Bertz CT molecular complexity index is 1240. The monoisotopic (exact) mass is 402 g/mol. The van der Waals surface area contributed by atoms with E-state index in [1.54, 1.807) is 18.2 Å². The number of rotatable bonds is 2. The lowest BCUT2D eigenvalue weighted by Crippen LogP contribution is -2.25. The molecule has 5 nitrogen and oxygen atoms in total. The van der Waals surface area contributed by atoms with E-state index in [1.165, 1.54) is 18.2 Å². The highest BCUT2D eigenvalue weighted by atomic mass is 19.4. The summed E-state index contributed by atoms with van der Waals surface area (Å²) in [6.45, 7) is 0. The number of carbonyl (C=O) groups excluding carboxylic acids is 1. The Hall–Kier alpha value is -3.75. The molecular formula is C20H10F4N2O3. The molecule has 1 amide bonds. The lowest BCUT2D eigenvalue weighted by Gasteiger charge is -2.10. The van der Waals surface area contributed by atoms with Crippen molar-refractivity contribution in [2.45, 2.75) is 6.18 Å². The first-order valence-corrected chi connectivity index (χ1v) is 8.24. The van der Waals surface area contributed by atoms with Gasteiger partial charge in [-0.15, -0.1) is 0 Å². The number of carbonyl (C=O) groups is 1. The maximum absolute atomic E-state index is 13.5. The normalized spacial score (nSPS) is 16.0. The molecule has 29 heavy (non-hydrogen) atoms. The summed E-state index contributed by atoms with van der Waals surface area (Å²) >= 11 is 0. The first-order chi connectivity index (χ1) is 13.8. The predicted molar refractivity (Wildman–Crippen MR) is 97.8 cm³/mol. The van der Waals surface area contributed by atoms with E-state index in [0.29, 0.717) is 5.01 Å². The van der Waals surface area contributed by atoms with Crippen LogP contribution in [0.2, 0.25) is 0 Å². The van der Waals surface area contributed by atoms with Gasteiger partial charge >= 0.3 is 6.18 Å². The molecule has 0 saturated heterocycles. The zero-order valence-electron chi connectivity index (χ0n) is 14.4. The van der Waals surface area contributed by atoms with E-state index >= 15 is 0 Å². The second kappa shape index (κ2) is 6.69. The second-order valence-electron chi connectivity index (χ2n) is 6.12. The molecular weight excluding hydrogens is 392 g/mol. The van der Waals surface area contributed by atoms with Gasteiger partial charge in [0.1, 0.15) is 17.7 Å². The summed E-state index contributed by atoms with van der Waals surface area (Å²) in [7, 11) is 0. The van der Waals surface area contributed by atoms with Crippen LogP contribution in [-0.4, -0.2) is 17.8 Å². The third-order valence-corrected chi connectivity index (χ3v) is 4.21. The van der Waals surface area contributed by atoms with Gasteiger partial charge in [-0.2, -0.15) is 23.3 Å². The highest BCUT2D eigenvalue weighted by Crippen LogP contribution is 2.32. The van der Waals surface area contributed by atoms with Crippen molar-refractivity contribution in [2.75, 3.05) is 5.01 Å². The van der Waals surface area contributed by atoms with Gasteiger partial charge in [0.2, 0.25) is 0 Å². The van der Waals surface area contributed by atoms with Crippen molar-refractivity contribution in [1.29, 1.82) is 0 Å². The topological polar surface area (TPSA) is 62.9 Å². The fraction of sp³-hybridized carbons (Fsp3) is 0.0500. The van der Waals surface area contributed by atoms with E-state index in [2.05, 4.69) is 5.10 Å². The van der Waals surface area contributed by atoms with Crippen molar-refractivity contribution >= 4 is 34.4 Å². The number of anilines is 1. The van der Waals surface area contributed by atoms with Gasteiger partial charge in [-0.1, -0.05) is 18.2 Å². The van der Waals surface area contributed by atoms with Gasteiger partial charge in [-0.25, -0.2) is 4.39 Å². The number of benzene rings is 2. The van der Waals surface area contributed by atoms with E-state index in [-0.39, 0.29) is 22.2 Å². The number of para-hydroxylation sites is 1. The Morgan fingerprint density at radius 2 is 1.76 bits per heavy atom. The third-order valence-electron chi connectivity index (χ3n) is 4.21. The number of halogens is 4. The van der Waals surface area contributed by atoms with E-state index < -0.39 is 34.6 Å². The summed E-state index contributed by atoms with van der Waals surface area (Å²) in [5.41, 5.74) is -3.17. The zero-order chi connectivity index (χ0) is 20.8. The van der Waals surface area contributed by atoms with Crippen LogP contribution in [0.5, 0.6) is 0 Å². The number of nitrogens with zero attached hydrogens (tertiary/aromatic N) is 2. The Morgan fingerprint density at radius 3 is 2.45 bits per heavy atom. The van der Waals surface area contributed by atoms with Crippen molar-refractivity contribution in [2.24, 2.45) is 5.10 Å². The van der Waals surface area contributed by atoms with E-state index in [9.17, 15) is 27.2 Å². The summed E-state index contributed by atoms with van der Waals surface area (Å²) in [6, 6.07) is 10.8. The van der Waals surface area contributed by atoms with Crippen LogP contribution in [0, 0.1) is 5.82 Å². The first-order valence-electron chi connectivity index (χ1n) is 8.24. The van der Waals surface area contributed by atoms with E-state index in [4.69, 9.17) is 4.42 Å². The maximum Gasteiger partial charge on any atom is 0.435 e.